The Bertz CT molecular complexity index is 263. The number of rotatable bonds is 0. The van der Waals surface area contributed by atoms with Gasteiger partial charge in [0.25, 0.3) is 0 Å². The maximum absolute atomic E-state index is 5.25. The number of hydrogen-bond donors (Lipinski definition) is 1. The zero-order valence-corrected chi connectivity index (χ0v) is 6.42. The Morgan fingerprint density at radius 2 is 2.17 bits per heavy atom. The Hall–Kier alpha value is -1.84. The Balaban J connectivity index is 0.000000127. The van der Waals surface area contributed by atoms with Crippen molar-refractivity contribution in [3.8, 4) is 0 Å². The van der Waals surface area contributed by atoms with Gasteiger partial charge in [0.2, 0.25) is 0 Å². The first kappa shape index (κ1) is 8.26. The molecule has 0 aliphatic rings. The molecule has 0 atom stereocenters. The summed E-state index contributed by atoms with van der Waals surface area (Å²) < 4.78 is 4.47. The van der Waals surface area contributed by atoms with Crippen molar-refractivity contribution in [2.45, 2.75) is 0 Å². The highest BCUT2D eigenvalue weighted by molar-refractivity contribution is 5.25. The predicted molar refractivity (Wildman–Crippen MR) is 45.2 cm³/mol. The molecular formula is C8H9N3O. The van der Waals surface area contributed by atoms with Crippen molar-refractivity contribution < 1.29 is 4.42 Å². The summed E-state index contributed by atoms with van der Waals surface area (Å²) in [6, 6.07) is 5.43. The standard InChI is InChI=1S/C5H6N2.C3H3NO/c6-5-3-1-2-4-7-5;1-2-5-3-4-1/h1-4H,(H2,6,7);1-3H. The van der Waals surface area contributed by atoms with Gasteiger partial charge < -0.3 is 10.2 Å². The molecule has 0 radical (unpaired) electrons. The minimum Gasteiger partial charge on any atom is -0.452 e. The first-order valence-electron chi connectivity index (χ1n) is 3.38. The molecule has 2 heterocycles. The topological polar surface area (TPSA) is 64.9 Å². The number of oxazole rings is 1. The molecule has 4 nitrogen and oxygen atoms in total. The van der Waals surface area contributed by atoms with Gasteiger partial charge >= 0.3 is 0 Å². The summed E-state index contributed by atoms with van der Waals surface area (Å²) in [7, 11) is 0. The number of aromatic nitrogens is 2. The number of hydrogen-bond acceptors (Lipinski definition) is 4. The minimum absolute atomic E-state index is 0.572. The smallest absolute Gasteiger partial charge is 0.180 e. The van der Waals surface area contributed by atoms with E-state index in [1.807, 2.05) is 12.1 Å². The zero-order valence-electron chi connectivity index (χ0n) is 6.42. The van der Waals surface area contributed by atoms with Gasteiger partial charge in [0.15, 0.2) is 6.39 Å². The van der Waals surface area contributed by atoms with E-state index in [2.05, 4.69) is 14.4 Å². The first-order chi connectivity index (χ1) is 5.89. The van der Waals surface area contributed by atoms with Crippen molar-refractivity contribution in [1.82, 2.24) is 9.97 Å². The second kappa shape index (κ2) is 4.90. The van der Waals surface area contributed by atoms with Crippen molar-refractivity contribution in [3.05, 3.63) is 43.2 Å². The molecule has 0 amide bonds. The molecule has 0 unspecified atom stereocenters. The molecule has 0 aliphatic carbocycles. The van der Waals surface area contributed by atoms with Crippen LogP contribution in [-0.4, -0.2) is 9.97 Å². The fourth-order valence-electron chi connectivity index (χ4n) is 0.552. The quantitative estimate of drug-likeness (QED) is 0.636. The molecule has 0 spiro atoms. The summed E-state index contributed by atoms with van der Waals surface area (Å²) in [6.07, 6.45) is 6.13. The molecule has 0 aliphatic heterocycles. The minimum atomic E-state index is 0.572. The van der Waals surface area contributed by atoms with Gasteiger partial charge in [-0.05, 0) is 12.1 Å². The molecule has 0 saturated heterocycles. The van der Waals surface area contributed by atoms with E-state index >= 15 is 0 Å². The van der Waals surface area contributed by atoms with E-state index < -0.39 is 0 Å². The number of nitrogens with zero attached hydrogens (tertiary/aromatic N) is 2. The van der Waals surface area contributed by atoms with Crippen molar-refractivity contribution in [2.75, 3.05) is 5.73 Å². The van der Waals surface area contributed by atoms with Crippen LogP contribution < -0.4 is 5.73 Å². The maximum Gasteiger partial charge on any atom is 0.180 e. The molecule has 2 aromatic rings. The predicted octanol–water partition coefficient (Wildman–Crippen LogP) is 1.34. The third kappa shape index (κ3) is 3.36. The van der Waals surface area contributed by atoms with E-state index in [0.717, 1.165) is 0 Å². The molecule has 0 aromatic carbocycles. The maximum atomic E-state index is 5.25. The van der Waals surface area contributed by atoms with Gasteiger partial charge in [-0.1, -0.05) is 6.07 Å². The summed E-state index contributed by atoms with van der Waals surface area (Å²) >= 11 is 0. The molecule has 0 fully saturated rings. The lowest BCUT2D eigenvalue weighted by Gasteiger charge is -1.82. The van der Waals surface area contributed by atoms with Gasteiger partial charge in [-0.3, -0.25) is 0 Å². The molecule has 2 rings (SSSR count). The van der Waals surface area contributed by atoms with Crippen LogP contribution in [0.5, 0.6) is 0 Å². The largest absolute Gasteiger partial charge is 0.452 e. The summed E-state index contributed by atoms with van der Waals surface area (Å²) in [5.74, 6) is 0.572. The summed E-state index contributed by atoms with van der Waals surface area (Å²) in [6.45, 7) is 0. The van der Waals surface area contributed by atoms with E-state index in [0.29, 0.717) is 5.82 Å². The van der Waals surface area contributed by atoms with Crippen LogP contribution in [-0.2, 0) is 0 Å². The fraction of sp³-hybridized carbons (Fsp3) is 0. The molecule has 2 N–H and O–H groups in total. The lowest BCUT2D eigenvalue weighted by molar-refractivity contribution is 0.558. The van der Waals surface area contributed by atoms with E-state index in [4.69, 9.17) is 5.73 Å². The lowest BCUT2D eigenvalue weighted by atomic mass is 10.5. The van der Waals surface area contributed by atoms with Gasteiger partial charge in [0.05, 0.1) is 6.20 Å². The molecule has 62 valence electrons. The average Bonchev–Trinajstić information content (AvgIpc) is 2.62. The second-order valence-electron chi connectivity index (χ2n) is 1.93. The SMILES string of the molecule is Nc1ccccn1.c1cocn1. The average molecular weight is 163 g/mol. The third-order valence-corrected chi connectivity index (χ3v) is 1.03. The van der Waals surface area contributed by atoms with Gasteiger partial charge in [0, 0.05) is 6.20 Å². The van der Waals surface area contributed by atoms with Crippen LogP contribution in [0, 0.1) is 0 Å². The highest BCUT2D eigenvalue weighted by atomic mass is 16.3. The lowest BCUT2D eigenvalue weighted by Crippen LogP contribution is -1.85. The molecule has 4 heteroatoms. The summed E-state index contributed by atoms with van der Waals surface area (Å²) in [4.78, 5) is 7.31. The van der Waals surface area contributed by atoms with Crippen LogP contribution >= 0.6 is 0 Å². The van der Waals surface area contributed by atoms with Gasteiger partial charge in [0.1, 0.15) is 12.1 Å². The van der Waals surface area contributed by atoms with Crippen LogP contribution in [0.3, 0.4) is 0 Å². The van der Waals surface area contributed by atoms with Crippen LogP contribution in [0.15, 0.2) is 47.7 Å². The van der Waals surface area contributed by atoms with Crippen molar-refractivity contribution in [3.63, 3.8) is 0 Å². The van der Waals surface area contributed by atoms with Crippen LogP contribution in [0.4, 0.5) is 5.82 Å². The van der Waals surface area contributed by atoms with Gasteiger partial charge in [-0.15, -0.1) is 0 Å². The van der Waals surface area contributed by atoms with Crippen LogP contribution in [0.25, 0.3) is 0 Å². The Labute approximate surface area is 70.1 Å². The van der Waals surface area contributed by atoms with E-state index in [-0.39, 0.29) is 0 Å². The summed E-state index contributed by atoms with van der Waals surface area (Å²) in [5, 5.41) is 0. The molecule has 12 heavy (non-hydrogen) atoms. The number of anilines is 1. The molecule has 0 saturated carbocycles. The highest BCUT2D eigenvalue weighted by Crippen LogP contribution is 1.89. The van der Waals surface area contributed by atoms with E-state index in [1.54, 1.807) is 18.5 Å². The fourth-order valence-corrected chi connectivity index (χ4v) is 0.552. The molecule has 2 aromatic heterocycles. The number of nitrogens with two attached hydrogens (primary N) is 1. The normalized spacial score (nSPS) is 8.33. The van der Waals surface area contributed by atoms with Crippen molar-refractivity contribution >= 4 is 5.82 Å². The number of pyridine rings is 1. The van der Waals surface area contributed by atoms with E-state index in [9.17, 15) is 0 Å². The van der Waals surface area contributed by atoms with Crippen LogP contribution in [0.2, 0.25) is 0 Å². The van der Waals surface area contributed by atoms with E-state index in [1.165, 1.54) is 12.7 Å². The number of nitrogen functional groups attached to an aromatic ring is 1. The Morgan fingerprint density at radius 3 is 2.42 bits per heavy atom. The monoisotopic (exact) mass is 163 g/mol. The van der Waals surface area contributed by atoms with Crippen molar-refractivity contribution in [1.29, 1.82) is 0 Å². The van der Waals surface area contributed by atoms with Gasteiger partial charge in [-0.25, -0.2) is 9.97 Å². The third-order valence-electron chi connectivity index (χ3n) is 1.03. The second-order valence-corrected chi connectivity index (χ2v) is 1.93. The highest BCUT2D eigenvalue weighted by Gasteiger charge is 1.73. The summed E-state index contributed by atoms with van der Waals surface area (Å²) in [5.41, 5.74) is 5.25. The zero-order chi connectivity index (χ0) is 8.65. The van der Waals surface area contributed by atoms with Crippen LogP contribution in [0.1, 0.15) is 0 Å². The van der Waals surface area contributed by atoms with Crippen molar-refractivity contribution in [2.24, 2.45) is 0 Å². The Kier molecular flexibility index (Phi) is 3.37. The Morgan fingerprint density at radius 1 is 1.25 bits per heavy atom. The molecule has 0 bridgehead atoms. The molecular weight excluding hydrogens is 154 g/mol. The first-order valence-corrected chi connectivity index (χ1v) is 3.38. The van der Waals surface area contributed by atoms with Gasteiger partial charge in [-0.2, -0.15) is 0 Å².